The maximum atomic E-state index is 6.60. The molecule has 0 fully saturated rings. The Morgan fingerprint density at radius 2 is 2.05 bits per heavy atom. The van der Waals surface area contributed by atoms with Crippen LogP contribution in [0.25, 0.3) is 0 Å². The van der Waals surface area contributed by atoms with Crippen molar-refractivity contribution in [1.29, 1.82) is 0 Å². The van der Waals surface area contributed by atoms with Gasteiger partial charge in [0.2, 0.25) is 0 Å². The first kappa shape index (κ1) is 13.3. The lowest BCUT2D eigenvalue weighted by molar-refractivity contribution is 0.353. The Morgan fingerprint density at radius 1 is 1.21 bits per heavy atom. The van der Waals surface area contributed by atoms with E-state index in [1.807, 2.05) is 36.4 Å². The van der Waals surface area contributed by atoms with Gasteiger partial charge in [-0.2, -0.15) is 0 Å². The summed E-state index contributed by atoms with van der Waals surface area (Å²) in [5.74, 6) is 0.893. The van der Waals surface area contributed by atoms with Crippen LogP contribution in [0.15, 0.2) is 40.9 Å². The number of rotatable bonds is 2. The Kier molecular flexibility index (Phi) is 3.75. The molecule has 2 aromatic rings. The highest BCUT2D eigenvalue weighted by atomic mass is 79.9. The predicted octanol–water partition coefficient (Wildman–Crippen LogP) is 5.37. The third kappa shape index (κ3) is 2.62. The van der Waals surface area contributed by atoms with Gasteiger partial charge in [-0.25, -0.2) is 0 Å². The normalized spacial score (nSPS) is 14.9. The van der Waals surface area contributed by atoms with E-state index in [9.17, 15) is 0 Å². The van der Waals surface area contributed by atoms with Crippen LogP contribution in [0.5, 0.6) is 5.75 Å². The summed E-state index contributed by atoms with van der Waals surface area (Å²) in [6.45, 7) is 0.699. The maximum absolute atomic E-state index is 6.60. The summed E-state index contributed by atoms with van der Waals surface area (Å²) >= 11 is 16.2. The number of fused-ring (bicyclic) bond motifs is 1. The molecule has 0 bridgehead atoms. The number of alkyl halides is 1. The van der Waals surface area contributed by atoms with Gasteiger partial charge < -0.3 is 4.74 Å². The van der Waals surface area contributed by atoms with Crippen molar-refractivity contribution in [2.45, 2.75) is 11.8 Å². The van der Waals surface area contributed by atoms with Crippen LogP contribution in [0, 0.1) is 0 Å². The predicted molar refractivity (Wildman–Crippen MR) is 82.5 cm³/mol. The van der Waals surface area contributed by atoms with Gasteiger partial charge >= 0.3 is 0 Å². The lowest BCUT2D eigenvalue weighted by atomic mass is 10.0. The van der Waals surface area contributed by atoms with E-state index in [0.717, 1.165) is 33.3 Å². The smallest absolute Gasteiger partial charge is 0.127 e. The summed E-state index contributed by atoms with van der Waals surface area (Å²) in [6, 6.07) is 11.8. The number of halogens is 3. The van der Waals surface area contributed by atoms with Gasteiger partial charge in [-0.3, -0.25) is 0 Å². The molecule has 0 aromatic heterocycles. The van der Waals surface area contributed by atoms with E-state index < -0.39 is 0 Å². The van der Waals surface area contributed by atoms with Crippen molar-refractivity contribution >= 4 is 39.1 Å². The molecular weight excluding hydrogens is 347 g/mol. The second kappa shape index (κ2) is 5.35. The average Bonchev–Trinajstić information content (AvgIpc) is 2.85. The Bertz CT molecular complexity index is 628. The largest absolute Gasteiger partial charge is 0.493 e. The Hall–Kier alpha value is -0.700. The molecule has 0 radical (unpaired) electrons. The highest BCUT2D eigenvalue weighted by Gasteiger charge is 2.23. The molecular formula is C15H11BrCl2O. The van der Waals surface area contributed by atoms with Crippen molar-refractivity contribution in [2.24, 2.45) is 0 Å². The molecule has 98 valence electrons. The minimum atomic E-state index is -0.261. The van der Waals surface area contributed by atoms with Crippen LogP contribution in [0.4, 0.5) is 0 Å². The first-order valence-corrected chi connectivity index (χ1v) is 7.60. The maximum Gasteiger partial charge on any atom is 0.127 e. The number of benzene rings is 2. The van der Waals surface area contributed by atoms with E-state index in [-0.39, 0.29) is 5.38 Å². The molecule has 1 aliphatic rings. The van der Waals surface area contributed by atoms with Gasteiger partial charge in [-0.05, 0) is 35.4 Å². The van der Waals surface area contributed by atoms with Gasteiger partial charge in [-0.15, -0.1) is 11.6 Å². The molecule has 0 aliphatic carbocycles. The van der Waals surface area contributed by atoms with E-state index in [1.54, 1.807) is 0 Å². The third-order valence-electron chi connectivity index (χ3n) is 3.19. The quantitative estimate of drug-likeness (QED) is 0.657. The molecule has 1 nitrogen and oxygen atoms in total. The average molecular weight is 358 g/mol. The first-order valence-electron chi connectivity index (χ1n) is 6.00. The van der Waals surface area contributed by atoms with Crippen LogP contribution in [0.1, 0.15) is 22.1 Å². The molecule has 4 heteroatoms. The second-order valence-electron chi connectivity index (χ2n) is 4.50. The Morgan fingerprint density at radius 3 is 2.84 bits per heavy atom. The van der Waals surface area contributed by atoms with Crippen LogP contribution in [-0.4, -0.2) is 6.61 Å². The SMILES string of the molecule is Clc1cc2c(c(C(Cl)c3cccc(Br)c3)c1)OCC2. The van der Waals surface area contributed by atoms with Gasteiger partial charge in [0, 0.05) is 21.5 Å². The minimum Gasteiger partial charge on any atom is -0.493 e. The summed E-state index contributed by atoms with van der Waals surface area (Å²) in [7, 11) is 0. The monoisotopic (exact) mass is 356 g/mol. The zero-order valence-electron chi connectivity index (χ0n) is 10.00. The van der Waals surface area contributed by atoms with Gasteiger partial charge in [0.25, 0.3) is 0 Å². The van der Waals surface area contributed by atoms with Crippen LogP contribution < -0.4 is 4.74 Å². The van der Waals surface area contributed by atoms with Crippen molar-refractivity contribution in [3.63, 3.8) is 0 Å². The zero-order valence-corrected chi connectivity index (χ0v) is 13.1. The first-order chi connectivity index (χ1) is 9.15. The van der Waals surface area contributed by atoms with Gasteiger partial charge in [0.1, 0.15) is 5.75 Å². The molecule has 1 heterocycles. The Balaban J connectivity index is 2.07. The summed E-state index contributed by atoms with van der Waals surface area (Å²) in [5.41, 5.74) is 3.11. The van der Waals surface area contributed by atoms with Crippen LogP contribution in [-0.2, 0) is 6.42 Å². The van der Waals surface area contributed by atoms with E-state index in [0.29, 0.717) is 11.6 Å². The number of ether oxygens (including phenoxy) is 1. The van der Waals surface area contributed by atoms with Gasteiger partial charge in [-0.1, -0.05) is 39.7 Å². The molecule has 1 unspecified atom stereocenters. The van der Waals surface area contributed by atoms with Crippen LogP contribution >= 0.6 is 39.1 Å². The molecule has 0 spiro atoms. The summed E-state index contributed by atoms with van der Waals surface area (Å²) in [5, 5.41) is 0.447. The van der Waals surface area contributed by atoms with E-state index in [1.165, 1.54) is 0 Å². The van der Waals surface area contributed by atoms with Gasteiger partial charge in [0.05, 0.1) is 12.0 Å². The third-order valence-corrected chi connectivity index (χ3v) is 4.39. The molecule has 0 saturated carbocycles. The highest BCUT2D eigenvalue weighted by Crippen LogP contribution is 2.41. The van der Waals surface area contributed by atoms with E-state index >= 15 is 0 Å². The zero-order chi connectivity index (χ0) is 13.4. The summed E-state index contributed by atoms with van der Waals surface area (Å²) < 4.78 is 6.71. The fourth-order valence-electron chi connectivity index (χ4n) is 2.33. The van der Waals surface area contributed by atoms with E-state index in [4.69, 9.17) is 27.9 Å². The fraction of sp³-hybridized carbons (Fsp3) is 0.200. The molecule has 2 aromatic carbocycles. The number of hydrogen-bond acceptors (Lipinski definition) is 1. The molecule has 0 saturated heterocycles. The standard InChI is InChI=1S/C15H11BrCl2O/c16-11-3-1-2-9(6-11)14(18)13-8-12(17)7-10-4-5-19-15(10)13/h1-3,6-8,14H,4-5H2. The fourth-order valence-corrected chi connectivity index (χ4v) is 3.29. The van der Waals surface area contributed by atoms with Crippen LogP contribution in [0.2, 0.25) is 5.02 Å². The van der Waals surface area contributed by atoms with Gasteiger partial charge in [0.15, 0.2) is 0 Å². The van der Waals surface area contributed by atoms with Crippen molar-refractivity contribution in [2.75, 3.05) is 6.61 Å². The minimum absolute atomic E-state index is 0.261. The Labute approximate surface area is 130 Å². The molecule has 19 heavy (non-hydrogen) atoms. The van der Waals surface area contributed by atoms with E-state index in [2.05, 4.69) is 15.9 Å². The molecule has 1 atom stereocenters. The van der Waals surface area contributed by atoms with Crippen molar-refractivity contribution in [3.8, 4) is 5.75 Å². The topological polar surface area (TPSA) is 9.23 Å². The molecule has 3 rings (SSSR count). The summed E-state index contributed by atoms with van der Waals surface area (Å²) in [6.07, 6.45) is 0.894. The van der Waals surface area contributed by atoms with Crippen molar-refractivity contribution in [3.05, 3.63) is 62.6 Å². The highest BCUT2D eigenvalue weighted by molar-refractivity contribution is 9.10. The molecule has 0 amide bonds. The molecule has 1 aliphatic heterocycles. The molecule has 0 N–H and O–H groups in total. The lowest BCUT2D eigenvalue weighted by Crippen LogP contribution is -1.97. The lowest BCUT2D eigenvalue weighted by Gasteiger charge is -2.15. The second-order valence-corrected chi connectivity index (χ2v) is 6.29. The van der Waals surface area contributed by atoms with Crippen molar-refractivity contribution in [1.82, 2.24) is 0 Å². The number of hydrogen-bond donors (Lipinski definition) is 0. The van der Waals surface area contributed by atoms with Crippen molar-refractivity contribution < 1.29 is 4.74 Å². The summed E-state index contributed by atoms with van der Waals surface area (Å²) in [4.78, 5) is 0. The van der Waals surface area contributed by atoms with Crippen LogP contribution in [0.3, 0.4) is 0 Å².